The van der Waals surface area contributed by atoms with E-state index in [1.807, 2.05) is 18.2 Å². The van der Waals surface area contributed by atoms with Gasteiger partial charge in [0.1, 0.15) is 5.75 Å². The highest BCUT2D eigenvalue weighted by Crippen LogP contribution is 2.24. The Balaban J connectivity index is 2.02. The lowest BCUT2D eigenvalue weighted by Gasteiger charge is -2.36. The molecule has 0 aliphatic carbocycles. The third-order valence-electron chi connectivity index (χ3n) is 4.16. The fourth-order valence-corrected chi connectivity index (χ4v) is 3.02. The van der Waals surface area contributed by atoms with E-state index in [1.165, 1.54) is 12.0 Å². The van der Waals surface area contributed by atoms with Crippen molar-refractivity contribution >= 4 is 0 Å². The fourth-order valence-electron chi connectivity index (χ4n) is 3.02. The molecule has 1 aliphatic rings. The predicted molar refractivity (Wildman–Crippen MR) is 80.8 cm³/mol. The third kappa shape index (κ3) is 3.72. The van der Waals surface area contributed by atoms with Gasteiger partial charge in [0.25, 0.3) is 0 Å². The van der Waals surface area contributed by atoms with Crippen LogP contribution >= 0.6 is 0 Å². The molecule has 1 saturated heterocycles. The number of hydrogen-bond donors (Lipinski definition) is 1. The van der Waals surface area contributed by atoms with Crippen molar-refractivity contribution in [2.24, 2.45) is 11.7 Å². The average molecular weight is 278 g/mol. The van der Waals surface area contributed by atoms with E-state index in [1.54, 1.807) is 7.11 Å². The predicted octanol–water partition coefficient (Wildman–Crippen LogP) is 1.88. The molecule has 1 aromatic carbocycles. The molecule has 1 aromatic rings. The zero-order chi connectivity index (χ0) is 14.4. The molecule has 1 aliphatic heterocycles. The topological polar surface area (TPSA) is 47.7 Å². The second kappa shape index (κ2) is 7.62. The van der Waals surface area contributed by atoms with Crippen LogP contribution in [0.15, 0.2) is 24.3 Å². The minimum atomic E-state index is 0.361. The van der Waals surface area contributed by atoms with Crippen LogP contribution in [-0.4, -0.2) is 44.9 Å². The summed E-state index contributed by atoms with van der Waals surface area (Å²) in [6, 6.07) is 8.52. The first kappa shape index (κ1) is 15.3. The van der Waals surface area contributed by atoms with Gasteiger partial charge >= 0.3 is 0 Å². The van der Waals surface area contributed by atoms with Gasteiger partial charge in [0.05, 0.1) is 13.7 Å². The number of rotatable bonds is 6. The highest BCUT2D eigenvalue weighted by Gasteiger charge is 2.26. The van der Waals surface area contributed by atoms with Crippen LogP contribution in [0.5, 0.6) is 5.75 Å². The van der Waals surface area contributed by atoms with Gasteiger partial charge in [-0.25, -0.2) is 0 Å². The summed E-state index contributed by atoms with van der Waals surface area (Å²) in [6.07, 6.45) is 2.35. The zero-order valence-electron chi connectivity index (χ0n) is 12.5. The molecule has 0 bridgehead atoms. The molecule has 1 heterocycles. The van der Waals surface area contributed by atoms with E-state index in [9.17, 15) is 0 Å². The van der Waals surface area contributed by atoms with Crippen molar-refractivity contribution in [2.45, 2.75) is 25.4 Å². The van der Waals surface area contributed by atoms with Gasteiger partial charge < -0.3 is 15.2 Å². The number of nitrogens with two attached hydrogens (primary N) is 1. The quantitative estimate of drug-likeness (QED) is 0.863. The lowest BCUT2D eigenvalue weighted by atomic mass is 9.92. The van der Waals surface area contributed by atoms with Crippen molar-refractivity contribution < 1.29 is 9.47 Å². The Morgan fingerprint density at radius 3 is 2.90 bits per heavy atom. The van der Waals surface area contributed by atoms with Crippen LogP contribution in [0.4, 0.5) is 0 Å². The van der Waals surface area contributed by atoms with Crippen molar-refractivity contribution in [1.29, 1.82) is 0 Å². The van der Waals surface area contributed by atoms with Crippen molar-refractivity contribution in [1.82, 2.24) is 4.90 Å². The summed E-state index contributed by atoms with van der Waals surface area (Å²) >= 11 is 0. The van der Waals surface area contributed by atoms with Gasteiger partial charge in [-0.2, -0.15) is 0 Å². The highest BCUT2D eigenvalue weighted by molar-refractivity contribution is 5.33. The molecule has 0 aromatic heterocycles. The molecule has 0 amide bonds. The monoisotopic (exact) mass is 278 g/mol. The van der Waals surface area contributed by atoms with Crippen LogP contribution in [-0.2, 0) is 11.3 Å². The van der Waals surface area contributed by atoms with Gasteiger partial charge in [-0.05, 0) is 31.9 Å². The summed E-state index contributed by atoms with van der Waals surface area (Å²) in [5, 5.41) is 0. The summed E-state index contributed by atoms with van der Waals surface area (Å²) in [5.74, 6) is 1.48. The number of benzene rings is 1. The number of para-hydroxylation sites is 1. The minimum Gasteiger partial charge on any atom is -0.496 e. The van der Waals surface area contributed by atoms with E-state index in [0.29, 0.717) is 18.5 Å². The Labute approximate surface area is 121 Å². The molecule has 2 atom stereocenters. The molecule has 0 radical (unpaired) electrons. The van der Waals surface area contributed by atoms with Crippen LogP contribution in [0.3, 0.4) is 0 Å². The molecule has 112 valence electrons. The van der Waals surface area contributed by atoms with E-state index >= 15 is 0 Å². The van der Waals surface area contributed by atoms with Gasteiger partial charge in [0.15, 0.2) is 0 Å². The fraction of sp³-hybridized carbons (Fsp3) is 0.625. The Kier molecular flexibility index (Phi) is 5.83. The molecule has 2 N–H and O–H groups in total. The van der Waals surface area contributed by atoms with Gasteiger partial charge in [-0.15, -0.1) is 0 Å². The van der Waals surface area contributed by atoms with Crippen LogP contribution in [0, 0.1) is 5.92 Å². The zero-order valence-corrected chi connectivity index (χ0v) is 12.5. The maximum absolute atomic E-state index is 6.00. The first-order valence-corrected chi connectivity index (χ1v) is 7.36. The second-order valence-electron chi connectivity index (χ2n) is 5.51. The Bertz CT molecular complexity index is 405. The molecule has 0 saturated carbocycles. The van der Waals surface area contributed by atoms with Crippen molar-refractivity contribution in [3.8, 4) is 5.75 Å². The van der Waals surface area contributed by atoms with E-state index < -0.39 is 0 Å². The normalized spacial score (nSPS) is 20.9. The van der Waals surface area contributed by atoms with Gasteiger partial charge in [0.2, 0.25) is 0 Å². The minimum absolute atomic E-state index is 0.361. The molecule has 20 heavy (non-hydrogen) atoms. The van der Waals surface area contributed by atoms with Crippen LogP contribution in [0.1, 0.15) is 18.4 Å². The van der Waals surface area contributed by atoms with Crippen LogP contribution in [0.25, 0.3) is 0 Å². The molecule has 4 nitrogen and oxygen atoms in total. The van der Waals surface area contributed by atoms with E-state index in [0.717, 1.165) is 31.9 Å². The Morgan fingerprint density at radius 1 is 1.45 bits per heavy atom. The average Bonchev–Trinajstić information content (AvgIpc) is 2.49. The first-order valence-electron chi connectivity index (χ1n) is 7.36. The highest BCUT2D eigenvalue weighted by atomic mass is 16.5. The van der Waals surface area contributed by atoms with Crippen LogP contribution in [0.2, 0.25) is 0 Å². The molecule has 2 unspecified atom stereocenters. The van der Waals surface area contributed by atoms with E-state index in [-0.39, 0.29) is 0 Å². The molecule has 4 heteroatoms. The Morgan fingerprint density at radius 2 is 2.25 bits per heavy atom. The maximum Gasteiger partial charge on any atom is 0.123 e. The smallest absolute Gasteiger partial charge is 0.123 e. The van der Waals surface area contributed by atoms with Crippen molar-refractivity contribution in [3.63, 3.8) is 0 Å². The maximum atomic E-state index is 6.00. The van der Waals surface area contributed by atoms with E-state index in [4.69, 9.17) is 15.2 Å². The van der Waals surface area contributed by atoms with Gasteiger partial charge in [-0.1, -0.05) is 18.2 Å². The summed E-state index contributed by atoms with van der Waals surface area (Å²) in [4.78, 5) is 2.33. The summed E-state index contributed by atoms with van der Waals surface area (Å²) in [5.41, 5.74) is 7.20. The lowest BCUT2D eigenvalue weighted by molar-refractivity contribution is 0.0155. The molecule has 0 spiro atoms. The number of nitrogens with zero attached hydrogens (tertiary/aromatic N) is 1. The summed E-state index contributed by atoms with van der Waals surface area (Å²) < 4.78 is 11.0. The Hall–Kier alpha value is -1.10. The standard InChI is InChI=1S/C16H26N2O2/c1-18(11-13-6-3-4-8-16(13)19-2)15(10-17)14-7-5-9-20-12-14/h3-4,6,8,14-15H,5,7,9-12,17H2,1-2H3. The summed E-state index contributed by atoms with van der Waals surface area (Å²) in [7, 11) is 3.85. The number of hydrogen-bond acceptors (Lipinski definition) is 4. The molecular weight excluding hydrogens is 252 g/mol. The number of methoxy groups -OCH3 is 1. The molecular formula is C16H26N2O2. The van der Waals surface area contributed by atoms with Crippen molar-refractivity contribution in [2.75, 3.05) is 33.9 Å². The lowest BCUT2D eigenvalue weighted by Crippen LogP contribution is -2.45. The third-order valence-corrected chi connectivity index (χ3v) is 4.16. The summed E-state index contributed by atoms with van der Waals surface area (Å²) in [6.45, 7) is 3.24. The van der Waals surface area contributed by atoms with Gasteiger partial charge in [0, 0.05) is 31.3 Å². The molecule has 2 rings (SSSR count). The SMILES string of the molecule is COc1ccccc1CN(C)C(CN)C1CCCOC1. The van der Waals surface area contributed by atoms with Crippen LogP contribution < -0.4 is 10.5 Å². The molecule has 1 fully saturated rings. The largest absolute Gasteiger partial charge is 0.496 e. The second-order valence-corrected chi connectivity index (χ2v) is 5.51. The van der Waals surface area contributed by atoms with E-state index in [2.05, 4.69) is 18.0 Å². The first-order chi connectivity index (χ1) is 9.76. The van der Waals surface area contributed by atoms with Crippen molar-refractivity contribution in [3.05, 3.63) is 29.8 Å². The number of ether oxygens (including phenoxy) is 2. The van der Waals surface area contributed by atoms with Gasteiger partial charge in [-0.3, -0.25) is 4.90 Å². The number of likely N-dealkylation sites (N-methyl/N-ethyl adjacent to an activating group) is 1.